The van der Waals surface area contributed by atoms with E-state index in [0.717, 1.165) is 16.0 Å². The van der Waals surface area contributed by atoms with Crippen molar-refractivity contribution in [3.63, 3.8) is 0 Å². The number of carbonyl (C=O) groups is 3. The first kappa shape index (κ1) is 21.4. The van der Waals surface area contributed by atoms with Crippen LogP contribution in [0.1, 0.15) is 38.3 Å². The van der Waals surface area contributed by atoms with Gasteiger partial charge in [0.1, 0.15) is 11.3 Å². The molecule has 1 fully saturated rings. The third-order valence-electron chi connectivity index (χ3n) is 4.35. The zero-order valence-electron chi connectivity index (χ0n) is 16.8. The van der Waals surface area contributed by atoms with Crippen molar-refractivity contribution in [2.75, 3.05) is 20.8 Å². The van der Waals surface area contributed by atoms with Gasteiger partial charge < -0.3 is 14.8 Å². The molecule has 4 amide bonds. The summed E-state index contributed by atoms with van der Waals surface area (Å²) in [4.78, 5) is 37.0. The van der Waals surface area contributed by atoms with Crippen molar-refractivity contribution < 1.29 is 23.9 Å². The van der Waals surface area contributed by atoms with Gasteiger partial charge in [0, 0.05) is 25.6 Å². The van der Waals surface area contributed by atoms with Crippen molar-refractivity contribution in [2.24, 2.45) is 5.10 Å². The SMILES string of the molecule is COCc1cc(/C(C)=N\NC(=O)CCN2C(=O)NC(C)(C)C2=O)ccc1OC. The molecule has 9 nitrogen and oxygen atoms in total. The summed E-state index contributed by atoms with van der Waals surface area (Å²) in [6.45, 7) is 5.38. The Kier molecular flexibility index (Phi) is 6.74. The third-order valence-corrected chi connectivity index (χ3v) is 4.35. The average molecular weight is 390 g/mol. The van der Waals surface area contributed by atoms with E-state index >= 15 is 0 Å². The van der Waals surface area contributed by atoms with E-state index < -0.39 is 17.5 Å². The van der Waals surface area contributed by atoms with Gasteiger partial charge in [-0.25, -0.2) is 10.2 Å². The minimum Gasteiger partial charge on any atom is -0.496 e. The minimum absolute atomic E-state index is 0.00494. The number of rotatable bonds is 8. The summed E-state index contributed by atoms with van der Waals surface area (Å²) in [5.41, 5.74) is 3.78. The average Bonchev–Trinajstić information content (AvgIpc) is 2.85. The summed E-state index contributed by atoms with van der Waals surface area (Å²) >= 11 is 0. The Labute approximate surface area is 164 Å². The number of imide groups is 1. The molecule has 0 radical (unpaired) electrons. The molecule has 0 bridgehead atoms. The first-order valence-corrected chi connectivity index (χ1v) is 8.83. The lowest BCUT2D eigenvalue weighted by Crippen LogP contribution is -2.40. The summed E-state index contributed by atoms with van der Waals surface area (Å²) in [6.07, 6.45) is -0.0381. The van der Waals surface area contributed by atoms with Gasteiger partial charge in [-0.15, -0.1) is 0 Å². The Morgan fingerprint density at radius 2 is 2.00 bits per heavy atom. The zero-order valence-corrected chi connectivity index (χ0v) is 16.8. The molecule has 0 aliphatic carbocycles. The number of ether oxygens (including phenoxy) is 2. The molecule has 2 N–H and O–H groups in total. The van der Waals surface area contributed by atoms with Gasteiger partial charge in [-0.1, -0.05) is 0 Å². The van der Waals surface area contributed by atoms with E-state index in [1.54, 1.807) is 35.0 Å². The number of urea groups is 1. The molecule has 1 aromatic rings. The van der Waals surface area contributed by atoms with E-state index in [1.807, 2.05) is 18.2 Å². The molecule has 152 valence electrons. The first-order chi connectivity index (χ1) is 13.2. The molecular formula is C19H26N4O5. The molecule has 0 atom stereocenters. The molecule has 1 aromatic carbocycles. The number of methoxy groups -OCH3 is 2. The lowest BCUT2D eigenvalue weighted by atomic mass is 10.1. The summed E-state index contributed by atoms with van der Waals surface area (Å²) in [6, 6.07) is 5.02. The fraction of sp³-hybridized carbons (Fsp3) is 0.474. The van der Waals surface area contributed by atoms with Crippen molar-refractivity contribution in [2.45, 2.75) is 39.3 Å². The Hall–Kier alpha value is -2.94. The Morgan fingerprint density at radius 3 is 2.57 bits per heavy atom. The van der Waals surface area contributed by atoms with Crippen LogP contribution in [0.4, 0.5) is 4.79 Å². The minimum atomic E-state index is -0.948. The molecule has 9 heteroatoms. The van der Waals surface area contributed by atoms with Crippen molar-refractivity contribution in [1.82, 2.24) is 15.6 Å². The van der Waals surface area contributed by atoms with Gasteiger partial charge in [-0.3, -0.25) is 14.5 Å². The number of amides is 4. The summed E-state index contributed by atoms with van der Waals surface area (Å²) in [5, 5.41) is 6.67. The van der Waals surface area contributed by atoms with Crippen LogP contribution in [0.3, 0.4) is 0 Å². The number of hydrogen-bond acceptors (Lipinski definition) is 6. The topological polar surface area (TPSA) is 109 Å². The molecule has 0 aromatic heterocycles. The van der Waals surface area contributed by atoms with E-state index in [9.17, 15) is 14.4 Å². The van der Waals surface area contributed by atoms with Gasteiger partial charge >= 0.3 is 6.03 Å². The molecule has 1 aliphatic rings. The number of nitrogens with zero attached hydrogens (tertiary/aromatic N) is 2. The maximum atomic E-state index is 12.1. The van der Waals surface area contributed by atoms with Crippen LogP contribution in [0.25, 0.3) is 0 Å². The van der Waals surface area contributed by atoms with Gasteiger partial charge in [0.15, 0.2) is 0 Å². The summed E-state index contributed by atoms with van der Waals surface area (Å²) in [7, 11) is 3.18. The van der Waals surface area contributed by atoms with Crippen LogP contribution in [-0.4, -0.2) is 54.8 Å². The van der Waals surface area contributed by atoms with Crippen molar-refractivity contribution in [3.8, 4) is 5.75 Å². The second-order valence-corrected chi connectivity index (χ2v) is 6.95. The summed E-state index contributed by atoms with van der Waals surface area (Å²) < 4.78 is 10.5. The molecular weight excluding hydrogens is 364 g/mol. The Morgan fingerprint density at radius 1 is 1.29 bits per heavy atom. The van der Waals surface area contributed by atoms with Gasteiger partial charge in [0.25, 0.3) is 5.91 Å². The first-order valence-electron chi connectivity index (χ1n) is 8.83. The molecule has 1 aliphatic heterocycles. The van der Waals surface area contributed by atoms with Crippen LogP contribution in [-0.2, 0) is 20.9 Å². The number of hydrogen-bond donors (Lipinski definition) is 2. The lowest BCUT2D eigenvalue weighted by molar-refractivity contribution is -0.130. The zero-order chi connectivity index (χ0) is 20.9. The van der Waals surface area contributed by atoms with Crippen molar-refractivity contribution in [3.05, 3.63) is 29.3 Å². The highest BCUT2D eigenvalue weighted by Crippen LogP contribution is 2.21. The standard InChI is InChI=1S/C19H26N4O5/c1-12(13-6-7-15(28-5)14(10-13)11-27-4)21-22-16(24)8-9-23-17(25)19(2,3)20-18(23)26/h6-7,10H,8-9,11H2,1-5H3,(H,20,26)(H,22,24)/b21-12-. The fourth-order valence-corrected chi connectivity index (χ4v) is 2.77. The number of carbonyl (C=O) groups excluding carboxylic acids is 3. The van der Waals surface area contributed by atoms with Crippen molar-refractivity contribution >= 4 is 23.6 Å². The molecule has 0 saturated carbocycles. The smallest absolute Gasteiger partial charge is 0.325 e. The Balaban J connectivity index is 1.96. The third kappa shape index (κ3) is 4.86. The second kappa shape index (κ2) is 8.83. The number of benzene rings is 1. The van der Waals surface area contributed by atoms with E-state index in [2.05, 4.69) is 15.8 Å². The molecule has 1 saturated heterocycles. The van der Waals surface area contributed by atoms with Gasteiger partial charge in [0.2, 0.25) is 5.91 Å². The van der Waals surface area contributed by atoms with Crippen LogP contribution in [0, 0.1) is 0 Å². The highest BCUT2D eigenvalue weighted by molar-refractivity contribution is 6.06. The van der Waals surface area contributed by atoms with Crippen molar-refractivity contribution in [1.29, 1.82) is 0 Å². The van der Waals surface area contributed by atoms with E-state index in [0.29, 0.717) is 18.1 Å². The fourth-order valence-electron chi connectivity index (χ4n) is 2.77. The van der Waals surface area contributed by atoms with Crippen LogP contribution in [0.15, 0.2) is 23.3 Å². The van der Waals surface area contributed by atoms with Gasteiger partial charge in [-0.2, -0.15) is 5.10 Å². The molecule has 1 heterocycles. The van der Waals surface area contributed by atoms with Crippen LogP contribution in [0.2, 0.25) is 0 Å². The maximum absolute atomic E-state index is 12.1. The van der Waals surface area contributed by atoms with E-state index in [4.69, 9.17) is 9.47 Å². The van der Waals surface area contributed by atoms with Gasteiger partial charge in [-0.05, 0) is 44.5 Å². The highest BCUT2D eigenvalue weighted by atomic mass is 16.5. The van der Waals surface area contributed by atoms with Gasteiger partial charge in [0.05, 0.1) is 19.4 Å². The maximum Gasteiger partial charge on any atom is 0.325 e. The monoisotopic (exact) mass is 390 g/mol. The van der Waals surface area contributed by atoms with Crippen LogP contribution in [0.5, 0.6) is 5.75 Å². The molecule has 2 rings (SSSR count). The van der Waals surface area contributed by atoms with Crippen LogP contribution >= 0.6 is 0 Å². The van der Waals surface area contributed by atoms with Crippen LogP contribution < -0.4 is 15.5 Å². The largest absolute Gasteiger partial charge is 0.496 e. The molecule has 28 heavy (non-hydrogen) atoms. The molecule has 0 spiro atoms. The second-order valence-electron chi connectivity index (χ2n) is 6.95. The van der Waals surface area contributed by atoms with E-state index in [-0.39, 0.29) is 18.9 Å². The normalized spacial score (nSPS) is 16.2. The molecule has 0 unspecified atom stereocenters. The predicted octanol–water partition coefficient (Wildman–Crippen LogP) is 1.40. The summed E-state index contributed by atoms with van der Waals surface area (Å²) in [5.74, 6) is -0.0388. The van der Waals surface area contributed by atoms with E-state index in [1.165, 1.54) is 0 Å². The highest BCUT2D eigenvalue weighted by Gasteiger charge is 2.43. The quantitative estimate of drug-likeness (QED) is 0.396. The predicted molar refractivity (Wildman–Crippen MR) is 103 cm³/mol. The number of nitrogens with one attached hydrogen (secondary N) is 2. The lowest BCUT2D eigenvalue weighted by Gasteiger charge is -2.15. The Bertz CT molecular complexity index is 804. The number of hydrazone groups is 1.